The lowest BCUT2D eigenvalue weighted by Crippen LogP contribution is -2.60. The molecule has 1 aromatic heterocycles. The third kappa shape index (κ3) is 3.08. The van der Waals surface area contributed by atoms with E-state index in [2.05, 4.69) is 22.9 Å². The Morgan fingerprint density at radius 1 is 1.22 bits per heavy atom. The summed E-state index contributed by atoms with van der Waals surface area (Å²) < 4.78 is 2.22. The minimum absolute atomic E-state index is 0.0888. The van der Waals surface area contributed by atoms with Gasteiger partial charge in [-0.1, -0.05) is 23.9 Å². The molecule has 1 heterocycles. The largest absolute Gasteiger partial charge is 0.350 e. The number of nitrogens with zero attached hydrogens (tertiary/aromatic N) is 2. The lowest BCUT2D eigenvalue weighted by atomic mass is 9.53. The number of para-hydroxylation sites is 2. The molecule has 1 aromatic carbocycles. The second-order valence-electron chi connectivity index (χ2n) is 9.07. The lowest BCUT2D eigenvalue weighted by Gasteiger charge is -2.57. The summed E-state index contributed by atoms with van der Waals surface area (Å²) >= 11 is 1.60. The van der Waals surface area contributed by atoms with Gasteiger partial charge in [0.05, 0.1) is 16.3 Å². The average molecular weight is 384 g/mol. The van der Waals surface area contributed by atoms with Gasteiger partial charge < -0.3 is 9.88 Å². The zero-order valence-corrected chi connectivity index (χ0v) is 17.1. The number of aryl methyl sites for hydroxylation is 1. The van der Waals surface area contributed by atoms with E-state index in [-0.39, 0.29) is 16.7 Å². The van der Waals surface area contributed by atoms with E-state index in [9.17, 15) is 4.79 Å². The van der Waals surface area contributed by atoms with E-state index >= 15 is 0 Å². The van der Waals surface area contributed by atoms with Crippen molar-refractivity contribution in [2.45, 2.75) is 74.9 Å². The summed E-state index contributed by atoms with van der Waals surface area (Å²) in [6, 6.07) is 8.22. The van der Waals surface area contributed by atoms with Crippen LogP contribution in [0.1, 0.15) is 52.4 Å². The van der Waals surface area contributed by atoms with Gasteiger partial charge >= 0.3 is 0 Å². The standard InChI is InChI=1S/C22H29N3OS/c1-3-25-19-7-5-4-6-18(19)23-21(25)27-14(2)20(26)24-22-11-15-8-16(12-22)10-17(9-15)13-22/h4-7,14-17H,3,8-13H2,1-2H3,(H,24,26). The SMILES string of the molecule is CCn1c(SC(C)C(=O)NC23CC4CC(CC(C4)C2)C3)nc2ccccc21. The summed E-state index contributed by atoms with van der Waals surface area (Å²) in [5.41, 5.74) is 2.25. The first-order valence-corrected chi connectivity index (χ1v) is 11.4. The van der Waals surface area contributed by atoms with Crippen LogP contribution >= 0.6 is 11.8 Å². The summed E-state index contributed by atoms with van der Waals surface area (Å²) in [6.07, 6.45) is 7.82. The smallest absolute Gasteiger partial charge is 0.233 e. The molecule has 0 aliphatic heterocycles. The first-order chi connectivity index (χ1) is 13.0. The second-order valence-corrected chi connectivity index (χ2v) is 10.4. The fourth-order valence-electron chi connectivity index (χ4n) is 6.29. The van der Waals surface area contributed by atoms with Crippen LogP contribution in [0.4, 0.5) is 0 Å². The second kappa shape index (κ2) is 6.54. The minimum Gasteiger partial charge on any atom is -0.350 e. The summed E-state index contributed by atoms with van der Waals surface area (Å²) in [7, 11) is 0. The molecule has 1 amide bonds. The van der Waals surface area contributed by atoms with E-state index < -0.39 is 0 Å². The number of benzene rings is 1. The molecule has 4 aliphatic rings. The predicted molar refractivity (Wildman–Crippen MR) is 110 cm³/mol. The number of carbonyl (C=O) groups excluding carboxylic acids is 1. The van der Waals surface area contributed by atoms with Gasteiger partial charge in [-0.2, -0.15) is 0 Å². The predicted octanol–water partition coefficient (Wildman–Crippen LogP) is 4.62. The molecule has 27 heavy (non-hydrogen) atoms. The van der Waals surface area contributed by atoms with Crippen LogP contribution in [0.2, 0.25) is 0 Å². The molecular weight excluding hydrogens is 354 g/mol. The van der Waals surface area contributed by atoms with E-state index in [0.29, 0.717) is 0 Å². The zero-order valence-electron chi connectivity index (χ0n) is 16.3. The molecule has 1 N–H and O–H groups in total. The van der Waals surface area contributed by atoms with Crippen molar-refractivity contribution in [1.82, 2.24) is 14.9 Å². The highest BCUT2D eigenvalue weighted by atomic mass is 32.2. The maximum absolute atomic E-state index is 13.1. The fraction of sp³-hybridized carbons (Fsp3) is 0.636. The van der Waals surface area contributed by atoms with Crippen LogP contribution < -0.4 is 5.32 Å². The van der Waals surface area contributed by atoms with Crippen molar-refractivity contribution in [1.29, 1.82) is 0 Å². The van der Waals surface area contributed by atoms with Crippen LogP contribution in [-0.2, 0) is 11.3 Å². The van der Waals surface area contributed by atoms with Gasteiger partial charge in [0.15, 0.2) is 5.16 Å². The van der Waals surface area contributed by atoms with Crippen LogP contribution in [-0.4, -0.2) is 26.2 Å². The molecule has 4 fully saturated rings. The Kier molecular flexibility index (Phi) is 4.26. The van der Waals surface area contributed by atoms with Crippen molar-refractivity contribution in [2.75, 3.05) is 0 Å². The molecule has 0 radical (unpaired) electrons. The Bertz CT molecular complexity index is 838. The van der Waals surface area contributed by atoms with Crippen LogP contribution in [0.15, 0.2) is 29.4 Å². The highest BCUT2D eigenvalue weighted by Crippen LogP contribution is 2.55. The van der Waals surface area contributed by atoms with Crippen LogP contribution in [0.5, 0.6) is 0 Å². The molecule has 1 atom stereocenters. The molecule has 4 saturated carbocycles. The van der Waals surface area contributed by atoms with Crippen LogP contribution in [0, 0.1) is 17.8 Å². The van der Waals surface area contributed by atoms with Crippen LogP contribution in [0.3, 0.4) is 0 Å². The van der Waals surface area contributed by atoms with E-state index in [1.165, 1.54) is 38.5 Å². The van der Waals surface area contributed by atoms with Crippen molar-refractivity contribution in [3.8, 4) is 0 Å². The molecular formula is C22H29N3OS. The van der Waals surface area contributed by atoms with E-state index in [0.717, 1.165) is 40.5 Å². The first kappa shape index (κ1) is 17.6. The number of thioether (sulfide) groups is 1. The number of amides is 1. The number of hydrogen-bond donors (Lipinski definition) is 1. The molecule has 2 aromatic rings. The summed E-state index contributed by atoms with van der Waals surface area (Å²) in [5, 5.41) is 4.34. The maximum atomic E-state index is 13.1. The number of hydrogen-bond acceptors (Lipinski definition) is 3. The number of nitrogens with one attached hydrogen (secondary N) is 1. The van der Waals surface area contributed by atoms with Gasteiger partial charge in [0.1, 0.15) is 0 Å². The van der Waals surface area contributed by atoms with Crippen molar-refractivity contribution >= 4 is 28.7 Å². The molecule has 4 nitrogen and oxygen atoms in total. The molecule has 0 spiro atoms. The van der Waals surface area contributed by atoms with Gasteiger partial charge in [-0.05, 0) is 82.3 Å². The monoisotopic (exact) mass is 383 g/mol. The van der Waals surface area contributed by atoms with E-state index in [4.69, 9.17) is 4.98 Å². The number of carbonyl (C=O) groups is 1. The molecule has 4 bridgehead atoms. The third-order valence-corrected chi connectivity index (χ3v) is 8.10. The highest BCUT2D eigenvalue weighted by molar-refractivity contribution is 8.00. The van der Waals surface area contributed by atoms with Gasteiger partial charge in [0.2, 0.25) is 5.91 Å². The Hall–Kier alpha value is -1.49. The Balaban J connectivity index is 1.32. The Labute approximate surface area is 165 Å². The van der Waals surface area contributed by atoms with Gasteiger partial charge in [-0.15, -0.1) is 0 Å². The van der Waals surface area contributed by atoms with E-state index in [1.807, 2.05) is 25.1 Å². The quantitative estimate of drug-likeness (QED) is 0.766. The molecule has 5 heteroatoms. The van der Waals surface area contributed by atoms with Gasteiger partial charge in [-0.3, -0.25) is 4.79 Å². The average Bonchev–Trinajstić information content (AvgIpc) is 2.97. The minimum atomic E-state index is -0.125. The summed E-state index contributed by atoms with van der Waals surface area (Å²) in [5.74, 6) is 2.74. The fourth-order valence-corrected chi connectivity index (χ4v) is 7.28. The number of aromatic nitrogens is 2. The molecule has 4 aliphatic carbocycles. The third-order valence-electron chi connectivity index (χ3n) is 7.01. The van der Waals surface area contributed by atoms with Gasteiger partial charge in [0, 0.05) is 12.1 Å². The van der Waals surface area contributed by atoms with Crippen molar-refractivity contribution in [3.05, 3.63) is 24.3 Å². The first-order valence-electron chi connectivity index (χ1n) is 10.5. The molecule has 0 saturated heterocycles. The molecule has 6 rings (SSSR count). The summed E-state index contributed by atoms with van der Waals surface area (Å²) in [6.45, 7) is 5.03. The van der Waals surface area contributed by atoms with E-state index in [1.54, 1.807) is 11.8 Å². The highest BCUT2D eigenvalue weighted by Gasteiger charge is 2.51. The van der Waals surface area contributed by atoms with Gasteiger partial charge in [-0.25, -0.2) is 4.98 Å². The number of fused-ring (bicyclic) bond motifs is 1. The van der Waals surface area contributed by atoms with Crippen molar-refractivity contribution in [3.63, 3.8) is 0 Å². The Morgan fingerprint density at radius 2 is 1.85 bits per heavy atom. The summed E-state index contributed by atoms with van der Waals surface area (Å²) in [4.78, 5) is 17.9. The maximum Gasteiger partial charge on any atom is 0.233 e. The number of imidazole rings is 1. The Morgan fingerprint density at radius 3 is 2.48 bits per heavy atom. The lowest BCUT2D eigenvalue weighted by molar-refractivity contribution is -0.126. The zero-order chi connectivity index (χ0) is 18.6. The topological polar surface area (TPSA) is 46.9 Å². The normalized spacial score (nSPS) is 32.7. The molecule has 1 unspecified atom stereocenters. The molecule has 144 valence electrons. The van der Waals surface area contributed by atoms with Gasteiger partial charge in [0.25, 0.3) is 0 Å². The number of rotatable bonds is 5. The van der Waals surface area contributed by atoms with Crippen molar-refractivity contribution < 1.29 is 4.79 Å². The van der Waals surface area contributed by atoms with Crippen LogP contribution in [0.25, 0.3) is 11.0 Å². The van der Waals surface area contributed by atoms with Crippen molar-refractivity contribution in [2.24, 2.45) is 17.8 Å².